The summed E-state index contributed by atoms with van der Waals surface area (Å²) in [4.78, 5) is 16.9. The van der Waals surface area contributed by atoms with Crippen molar-refractivity contribution in [2.75, 3.05) is 46.3 Å². The fourth-order valence-electron chi connectivity index (χ4n) is 2.88. The zero-order chi connectivity index (χ0) is 20.2. The molecule has 1 aromatic rings. The number of hydrogen-bond donors (Lipinski definition) is 0. The first-order valence-corrected chi connectivity index (χ1v) is 11.4. The van der Waals surface area contributed by atoms with Crippen molar-refractivity contribution in [2.24, 2.45) is 5.41 Å². The maximum Gasteiger partial charge on any atom is 0.243 e. The number of nitrogens with zero attached hydrogens (tertiary/aromatic N) is 3. The van der Waals surface area contributed by atoms with E-state index < -0.39 is 10.0 Å². The molecule has 0 spiro atoms. The second-order valence-electron chi connectivity index (χ2n) is 8.25. The number of carbonyl (C=O) groups excluding carboxylic acids is 1. The molecule has 2 rings (SSSR count). The van der Waals surface area contributed by atoms with Gasteiger partial charge in [0.1, 0.15) is 0 Å². The van der Waals surface area contributed by atoms with Crippen molar-refractivity contribution in [3.63, 3.8) is 0 Å². The molecule has 0 saturated carbocycles. The number of carbonyl (C=O) groups is 1. The van der Waals surface area contributed by atoms with E-state index in [1.165, 1.54) is 19.2 Å². The van der Waals surface area contributed by atoms with Crippen LogP contribution in [0.15, 0.2) is 33.6 Å². The number of sulfonamides is 1. The van der Waals surface area contributed by atoms with Crippen molar-refractivity contribution in [1.29, 1.82) is 0 Å². The topological polar surface area (TPSA) is 60.9 Å². The molecule has 152 valence electrons. The fourth-order valence-corrected chi connectivity index (χ4v) is 4.26. The van der Waals surface area contributed by atoms with Gasteiger partial charge in [0, 0.05) is 37.7 Å². The maximum absolute atomic E-state index is 12.6. The average Bonchev–Trinajstić information content (AvgIpc) is 2.60. The summed E-state index contributed by atoms with van der Waals surface area (Å²) >= 11 is 3.30. The highest BCUT2D eigenvalue weighted by Crippen LogP contribution is 2.20. The van der Waals surface area contributed by atoms with Crippen LogP contribution in [0.4, 0.5) is 0 Å². The molecule has 0 aliphatic carbocycles. The Bertz CT molecular complexity index is 736. The van der Waals surface area contributed by atoms with Gasteiger partial charge >= 0.3 is 0 Å². The molecular weight excluding hydrogens is 430 g/mol. The molecule has 0 atom stereocenters. The van der Waals surface area contributed by atoms with E-state index in [1.54, 1.807) is 17.0 Å². The second-order valence-corrected chi connectivity index (χ2v) is 11.2. The van der Waals surface area contributed by atoms with E-state index in [1.807, 2.05) is 0 Å². The molecule has 1 aliphatic rings. The van der Waals surface area contributed by atoms with Crippen molar-refractivity contribution in [1.82, 2.24) is 14.1 Å². The van der Waals surface area contributed by atoms with Crippen LogP contribution in [0.1, 0.15) is 27.2 Å². The van der Waals surface area contributed by atoms with Crippen molar-refractivity contribution < 1.29 is 13.2 Å². The second kappa shape index (κ2) is 9.03. The number of amides is 1. The van der Waals surface area contributed by atoms with Gasteiger partial charge in [-0.05, 0) is 42.6 Å². The molecule has 0 bridgehead atoms. The van der Waals surface area contributed by atoms with Gasteiger partial charge in [-0.2, -0.15) is 4.31 Å². The van der Waals surface area contributed by atoms with Crippen LogP contribution >= 0.6 is 15.9 Å². The Morgan fingerprint density at radius 3 is 2.19 bits per heavy atom. The van der Waals surface area contributed by atoms with Crippen LogP contribution in [0.5, 0.6) is 0 Å². The Morgan fingerprint density at radius 2 is 1.67 bits per heavy atom. The molecule has 0 unspecified atom stereocenters. The van der Waals surface area contributed by atoms with Gasteiger partial charge in [-0.25, -0.2) is 8.42 Å². The number of halogens is 1. The average molecular weight is 460 g/mol. The smallest absolute Gasteiger partial charge is 0.243 e. The van der Waals surface area contributed by atoms with Gasteiger partial charge < -0.3 is 4.90 Å². The molecule has 0 N–H and O–H groups in total. The van der Waals surface area contributed by atoms with Crippen LogP contribution in [0.2, 0.25) is 0 Å². The maximum atomic E-state index is 12.6. The molecule has 6 nitrogen and oxygen atoms in total. The van der Waals surface area contributed by atoms with E-state index in [0.717, 1.165) is 34.8 Å². The number of likely N-dealkylation sites (N-methyl/N-ethyl adjacent to an activating group) is 1. The molecule has 1 amide bonds. The van der Waals surface area contributed by atoms with Gasteiger partial charge in [-0.15, -0.1) is 0 Å². The molecule has 1 aliphatic heterocycles. The lowest BCUT2D eigenvalue weighted by Gasteiger charge is -2.36. The zero-order valence-electron chi connectivity index (χ0n) is 16.6. The number of rotatable bonds is 6. The third-order valence-electron chi connectivity index (χ3n) is 4.78. The monoisotopic (exact) mass is 459 g/mol. The third-order valence-corrected chi connectivity index (χ3v) is 7.13. The highest BCUT2D eigenvalue weighted by molar-refractivity contribution is 9.10. The highest BCUT2D eigenvalue weighted by Gasteiger charge is 2.27. The minimum absolute atomic E-state index is 0.139. The zero-order valence-corrected chi connectivity index (χ0v) is 19.0. The fraction of sp³-hybridized carbons (Fsp3) is 0.632. The first-order valence-electron chi connectivity index (χ1n) is 9.21. The molecule has 27 heavy (non-hydrogen) atoms. The lowest BCUT2D eigenvalue weighted by molar-refractivity contribution is -0.133. The Labute approximate surface area is 171 Å². The first-order chi connectivity index (χ1) is 12.5. The Morgan fingerprint density at radius 1 is 1.11 bits per heavy atom. The number of piperazine rings is 1. The predicted molar refractivity (Wildman–Crippen MR) is 111 cm³/mol. The lowest BCUT2D eigenvalue weighted by atomic mass is 9.92. The molecule has 0 radical (unpaired) electrons. The number of benzene rings is 1. The van der Waals surface area contributed by atoms with E-state index in [0.29, 0.717) is 18.5 Å². The predicted octanol–water partition coefficient (Wildman–Crippen LogP) is 2.65. The SMILES string of the molecule is CN(CC(=O)N1CCN(CCC(C)(C)C)CC1)S(=O)(=O)c1ccc(Br)cc1. The molecular formula is C19H30BrN3O3S. The van der Waals surface area contributed by atoms with Crippen LogP contribution in [0, 0.1) is 5.41 Å². The first kappa shape index (κ1) is 22.3. The van der Waals surface area contributed by atoms with Gasteiger partial charge in [0.05, 0.1) is 11.4 Å². The van der Waals surface area contributed by atoms with E-state index in [4.69, 9.17) is 0 Å². The van der Waals surface area contributed by atoms with Gasteiger partial charge in [0.15, 0.2) is 0 Å². The minimum atomic E-state index is -3.67. The van der Waals surface area contributed by atoms with Gasteiger partial charge in [0.25, 0.3) is 0 Å². The Kier molecular flexibility index (Phi) is 7.47. The summed E-state index contributed by atoms with van der Waals surface area (Å²) < 4.78 is 27.2. The van der Waals surface area contributed by atoms with Crippen molar-refractivity contribution >= 4 is 31.9 Å². The quantitative estimate of drug-likeness (QED) is 0.655. The summed E-state index contributed by atoms with van der Waals surface area (Å²) in [7, 11) is -2.22. The molecule has 8 heteroatoms. The largest absolute Gasteiger partial charge is 0.339 e. The van der Waals surface area contributed by atoms with E-state index in [2.05, 4.69) is 41.6 Å². The van der Waals surface area contributed by atoms with Gasteiger partial charge in [-0.3, -0.25) is 9.69 Å². The third kappa shape index (κ3) is 6.55. The van der Waals surface area contributed by atoms with Gasteiger partial charge in [0.2, 0.25) is 15.9 Å². The standard InChI is InChI=1S/C19H30BrN3O3S/c1-19(2,3)9-10-22-11-13-23(14-12-22)18(24)15-21(4)27(25,26)17-7-5-16(20)6-8-17/h5-8H,9-15H2,1-4H3. The Hall–Kier alpha value is -0.960. The van der Waals surface area contributed by atoms with E-state index in [9.17, 15) is 13.2 Å². The summed E-state index contributed by atoms with van der Waals surface area (Å²) in [5.74, 6) is -0.145. The van der Waals surface area contributed by atoms with Crippen LogP contribution in [0.25, 0.3) is 0 Å². The summed E-state index contributed by atoms with van der Waals surface area (Å²) in [5, 5.41) is 0. The van der Waals surface area contributed by atoms with E-state index in [-0.39, 0.29) is 17.3 Å². The van der Waals surface area contributed by atoms with Crippen molar-refractivity contribution in [2.45, 2.75) is 32.1 Å². The van der Waals surface area contributed by atoms with Crippen LogP contribution in [-0.4, -0.2) is 74.7 Å². The Balaban J connectivity index is 1.87. The molecule has 0 aromatic heterocycles. The number of hydrogen-bond acceptors (Lipinski definition) is 4. The van der Waals surface area contributed by atoms with Gasteiger partial charge in [-0.1, -0.05) is 36.7 Å². The van der Waals surface area contributed by atoms with Crippen LogP contribution < -0.4 is 0 Å². The van der Waals surface area contributed by atoms with Crippen molar-refractivity contribution in [3.8, 4) is 0 Å². The molecule has 1 heterocycles. The van der Waals surface area contributed by atoms with Crippen LogP contribution in [-0.2, 0) is 14.8 Å². The minimum Gasteiger partial charge on any atom is -0.339 e. The lowest BCUT2D eigenvalue weighted by Crippen LogP contribution is -2.51. The molecule has 1 fully saturated rings. The molecule has 1 saturated heterocycles. The normalized spacial score (nSPS) is 16.7. The molecule has 1 aromatic carbocycles. The summed E-state index contributed by atoms with van der Waals surface area (Å²) in [6.07, 6.45) is 1.12. The van der Waals surface area contributed by atoms with Crippen molar-refractivity contribution in [3.05, 3.63) is 28.7 Å². The van der Waals surface area contributed by atoms with E-state index >= 15 is 0 Å². The summed E-state index contributed by atoms with van der Waals surface area (Å²) in [6.45, 7) is 10.6. The summed E-state index contributed by atoms with van der Waals surface area (Å²) in [5.41, 5.74) is 0.303. The van der Waals surface area contributed by atoms with Crippen LogP contribution in [0.3, 0.4) is 0 Å². The highest BCUT2D eigenvalue weighted by atomic mass is 79.9. The summed E-state index contributed by atoms with van der Waals surface area (Å²) in [6, 6.07) is 6.43.